The van der Waals surface area contributed by atoms with E-state index in [2.05, 4.69) is 10.6 Å². The van der Waals surface area contributed by atoms with Crippen LogP contribution in [0.4, 0.5) is 0 Å². The molecule has 110 valence electrons. The third kappa shape index (κ3) is 5.16. The van der Waals surface area contributed by atoms with Crippen LogP contribution in [0.2, 0.25) is 0 Å². The summed E-state index contributed by atoms with van der Waals surface area (Å²) in [6, 6.07) is 0. The summed E-state index contributed by atoms with van der Waals surface area (Å²) in [6.07, 6.45) is 4.22. The zero-order chi connectivity index (χ0) is 14.3. The van der Waals surface area contributed by atoms with E-state index in [-0.39, 0.29) is 43.9 Å². The molecular weight excluding hydrogens is 248 g/mol. The second-order valence-corrected chi connectivity index (χ2v) is 5.45. The third-order valence-electron chi connectivity index (χ3n) is 3.52. The van der Waals surface area contributed by atoms with Crippen LogP contribution in [0, 0.1) is 5.92 Å². The Bertz CT molecular complexity index is 310. The molecule has 0 aromatic heterocycles. The smallest absolute Gasteiger partial charge is 0.223 e. The number of aliphatic hydroxyl groups is 2. The normalized spacial score (nSPS) is 16.4. The van der Waals surface area contributed by atoms with Gasteiger partial charge in [-0.15, -0.1) is 0 Å². The molecular formula is C13H24N2O4. The molecule has 6 nitrogen and oxygen atoms in total. The maximum Gasteiger partial charge on any atom is 0.223 e. The minimum atomic E-state index is -1.01. The first-order valence-electron chi connectivity index (χ1n) is 6.81. The summed E-state index contributed by atoms with van der Waals surface area (Å²) < 4.78 is 0. The summed E-state index contributed by atoms with van der Waals surface area (Å²) in [7, 11) is 0. The van der Waals surface area contributed by atoms with Crippen LogP contribution in [0.25, 0.3) is 0 Å². The van der Waals surface area contributed by atoms with Crippen molar-refractivity contribution in [3.8, 4) is 0 Å². The fourth-order valence-electron chi connectivity index (χ4n) is 2.16. The lowest BCUT2D eigenvalue weighted by atomic mass is 10.1. The number of nitrogens with one attached hydrogen (secondary N) is 2. The van der Waals surface area contributed by atoms with E-state index in [9.17, 15) is 9.59 Å². The van der Waals surface area contributed by atoms with Crippen molar-refractivity contribution in [2.24, 2.45) is 5.92 Å². The number of carbonyl (C=O) groups is 2. The molecule has 6 heteroatoms. The minimum Gasteiger partial charge on any atom is -0.394 e. The predicted octanol–water partition coefficient (Wildman–Crippen LogP) is -0.458. The highest BCUT2D eigenvalue weighted by Gasteiger charge is 2.25. The van der Waals surface area contributed by atoms with Crippen LogP contribution >= 0.6 is 0 Å². The molecule has 1 fully saturated rings. The molecule has 4 N–H and O–H groups in total. The van der Waals surface area contributed by atoms with Gasteiger partial charge in [0.05, 0.1) is 18.8 Å². The summed E-state index contributed by atoms with van der Waals surface area (Å²) >= 11 is 0. The Morgan fingerprint density at radius 3 is 2.32 bits per heavy atom. The Hall–Kier alpha value is -1.14. The monoisotopic (exact) mass is 272 g/mol. The molecule has 19 heavy (non-hydrogen) atoms. The van der Waals surface area contributed by atoms with Gasteiger partial charge < -0.3 is 20.8 Å². The fourth-order valence-corrected chi connectivity index (χ4v) is 2.16. The van der Waals surface area contributed by atoms with Crippen LogP contribution in [0.3, 0.4) is 0 Å². The molecule has 0 unspecified atom stereocenters. The van der Waals surface area contributed by atoms with Gasteiger partial charge >= 0.3 is 0 Å². The van der Waals surface area contributed by atoms with Crippen molar-refractivity contribution >= 4 is 11.8 Å². The molecule has 0 spiro atoms. The highest BCUT2D eigenvalue weighted by Crippen LogP contribution is 2.24. The lowest BCUT2D eigenvalue weighted by molar-refractivity contribution is -0.125. The van der Waals surface area contributed by atoms with E-state index in [0.717, 1.165) is 25.7 Å². The molecule has 0 aliphatic heterocycles. The molecule has 1 aliphatic carbocycles. The molecule has 0 saturated heterocycles. The van der Waals surface area contributed by atoms with Crippen molar-refractivity contribution < 1.29 is 19.8 Å². The van der Waals surface area contributed by atoms with Crippen LogP contribution in [-0.4, -0.2) is 47.3 Å². The Morgan fingerprint density at radius 2 is 1.79 bits per heavy atom. The van der Waals surface area contributed by atoms with Crippen molar-refractivity contribution in [2.45, 2.75) is 44.6 Å². The number of aliphatic hydroxyl groups excluding tert-OH is 2. The Kier molecular flexibility index (Phi) is 6.24. The maximum absolute atomic E-state index is 11.7. The molecule has 1 aliphatic rings. The molecule has 0 bridgehead atoms. The van der Waals surface area contributed by atoms with Crippen molar-refractivity contribution in [3.05, 3.63) is 0 Å². The zero-order valence-corrected chi connectivity index (χ0v) is 11.4. The second-order valence-electron chi connectivity index (χ2n) is 5.45. The van der Waals surface area contributed by atoms with Crippen molar-refractivity contribution in [1.82, 2.24) is 10.6 Å². The van der Waals surface area contributed by atoms with Crippen molar-refractivity contribution in [3.63, 3.8) is 0 Å². The quantitative estimate of drug-likeness (QED) is 0.504. The minimum absolute atomic E-state index is 0.0254. The van der Waals surface area contributed by atoms with E-state index < -0.39 is 5.54 Å². The summed E-state index contributed by atoms with van der Waals surface area (Å²) in [5.74, 6) is -0.169. The molecule has 0 aromatic rings. The first-order valence-corrected chi connectivity index (χ1v) is 6.81. The van der Waals surface area contributed by atoms with E-state index in [1.165, 1.54) is 0 Å². The first-order chi connectivity index (χ1) is 9.00. The largest absolute Gasteiger partial charge is 0.394 e. The number of carbonyl (C=O) groups excluding carboxylic acids is 2. The zero-order valence-electron chi connectivity index (χ0n) is 11.4. The summed E-state index contributed by atoms with van der Waals surface area (Å²) in [5.41, 5.74) is -1.01. The van der Waals surface area contributed by atoms with Crippen LogP contribution in [0.1, 0.15) is 39.0 Å². The van der Waals surface area contributed by atoms with Gasteiger partial charge in [0, 0.05) is 18.9 Å². The third-order valence-corrected chi connectivity index (χ3v) is 3.52. The van der Waals surface area contributed by atoms with E-state index in [1.54, 1.807) is 6.92 Å². The van der Waals surface area contributed by atoms with E-state index in [4.69, 9.17) is 10.2 Å². The molecule has 0 heterocycles. The van der Waals surface area contributed by atoms with Gasteiger partial charge in [0.1, 0.15) is 0 Å². The Morgan fingerprint density at radius 1 is 1.21 bits per heavy atom. The van der Waals surface area contributed by atoms with Gasteiger partial charge in [-0.05, 0) is 19.8 Å². The second kappa shape index (κ2) is 7.45. The highest BCUT2D eigenvalue weighted by molar-refractivity contribution is 5.80. The average molecular weight is 272 g/mol. The van der Waals surface area contributed by atoms with E-state index in [1.807, 2.05) is 0 Å². The van der Waals surface area contributed by atoms with Gasteiger partial charge in [0.25, 0.3) is 0 Å². The standard InChI is InChI=1S/C13H24N2O4/c1-13(8-16,9-17)15-11(18)6-7-14-12(19)10-4-2-3-5-10/h10,16-17H,2-9H2,1H3,(H,14,19)(H,15,18). The van der Waals surface area contributed by atoms with Crippen LogP contribution in [-0.2, 0) is 9.59 Å². The lowest BCUT2D eigenvalue weighted by Crippen LogP contribution is -2.52. The molecule has 1 rings (SSSR count). The van der Waals surface area contributed by atoms with Crippen LogP contribution in [0.5, 0.6) is 0 Å². The highest BCUT2D eigenvalue weighted by atomic mass is 16.3. The van der Waals surface area contributed by atoms with Gasteiger partial charge in [-0.1, -0.05) is 12.8 Å². The Balaban J connectivity index is 2.21. The molecule has 1 saturated carbocycles. The first kappa shape index (κ1) is 15.9. The molecule has 2 amide bonds. The van der Waals surface area contributed by atoms with Crippen molar-refractivity contribution in [2.75, 3.05) is 19.8 Å². The van der Waals surface area contributed by atoms with Crippen molar-refractivity contribution in [1.29, 1.82) is 0 Å². The summed E-state index contributed by atoms with van der Waals surface area (Å²) in [6.45, 7) is 1.18. The fraction of sp³-hybridized carbons (Fsp3) is 0.846. The number of hydrogen-bond donors (Lipinski definition) is 4. The van der Waals surface area contributed by atoms with Gasteiger partial charge in [-0.3, -0.25) is 9.59 Å². The number of amides is 2. The van der Waals surface area contributed by atoms with Gasteiger partial charge in [0.2, 0.25) is 11.8 Å². The summed E-state index contributed by atoms with van der Waals surface area (Å²) in [5, 5.41) is 23.4. The predicted molar refractivity (Wildman–Crippen MR) is 70.3 cm³/mol. The van der Waals surface area contributed by atoms with Crippen LogP contribution in [0.15, 0.2) is 0 Å². The van der Waals surface area contributed by atoms with Gasteiger partial charge in [-0.25, -0.2) is 0 Å². The molecule has 0 atom stereocenters. The molecule has 0 radical (unpaired) electrons. The van der Waals surface area contributed by atoms with E-state index >= 15 is 0 Å². The summed E-state index contributed by atoms with van der Waals surface area (Å²) in [4.78, 5) is 23.3. The SMILES string of the molecule is CC(CO)(CO)NC(=O)CCNC(=O)C1CCCC1. The van der Waals surface area contributed by atoms with Gasteiger partial charge in [0.15, 0.2) is 0 Å². The lowest BCUT2D eigenvalue weighted by Gasteiger charge is -2.26. The van der Waals surface area contributed by atoms with Gasteiger partial charge in [-0.2, -0.15) is 0 Å². The van der Waals surface area contributed by atoms with Crippen LogP contribution < -0.4 is 10.6 Å². The Labute approximate surface area is 113 Å². The van der Waals surface area contributed by atoms with E-state index in [0.29, 0.717) is 0 Å². The topological polar surface area (TPSA) is 98.7 Å². The average Bonchev–Trinajstić information content (AvgIpc) is 2.92. The molecule has 0 aromatic carbocycles. The number of hydrogen-bond acceptors (Lipinski definition) is 4. The number of rotatable bonds is 7. The maximum atomic E-state index is 11.7.